The van der Waals surface area contributed by atoms with Gasteiger partial charge in [0.1, 0.15) is 0 Å². The molecule has 0 amide bonds. The second-order valence-corrected chi connectivity index (χ2v) is 5.90. The van der Waals surface area contributed by atoms with Gasteiger partial charge in [-0.2, -0.15) is 18.3 Å². The summed E-state index contributed by atoms with van der Waals surface area (Å²) in [6.45, 7) is 2.55. The zero-order chi connectivity index (χ0) is 15.3. The number of alkyl halides is 3. The molecule has 0 aromatic carbocycles. The molecule has 0 bridgehead atoms. The molecule has 120 valence electrons. The van der Waals surface area contributed by atoms with E-state index in [9.17, 15) is 13.2 Å². The van der Waals surface area contributed by atoms with Crippen LogP contribution in [0.3, 0.4) is 0 Å². The largest absolute Gasteiger partial charge is 0.390 e. The van der Waals surface area contributed by atoms with Gasteiger partial charge in [0, 0.05) is 18.7 Å². The monoisotopic (exact) mass is 303 g/mol. The van der Waals surface area contributed by atoms with E-state index in [4.69, 9.17) is 0 Å². The molecule has 0 spiro atoms. The molecule has 1 aliphatic carbocycles. The van der Waals surface area contributed by atoms with Gasteiger partial charge in [-0.1, -0.05) is 19.8 Å². The van der Waals surface area contributed by atoms with Crippen LogP contribution in [0.1, 0.15) is 57.2 Å². The van der Waals surface area contributed by atoms with Gasteiger partial charge in [0.15, 0.2) is 0 Å². The highest BCUT2D eigenvalue weighted by atomic mass is 19.4. The van der Waals surface area contributed by atoms with Gasteiger partial charge < -0.3 is 5.32 Å². The molecular weight excluding hydrogens is 279 g/mol. The summed E-state index contributed by atoms with van der Waals surface area (Å²) in [7, 11) is 0. The first-order valence-corrected chi connectivity index (χ1v) is 7.82. The van der Waals surface area contributed by atoms with Crippen molar-refractivity contribution in [3.05, 3.63) is 18.0 Å². The van der Waals surface area contributed by atoms with Crippen molar-refractivity contribution < 1.29 is 13.2 Å². The molecule has 2 rings (SSSR count). The molecule has 1 aromatic rings. The average Bonchev–Trinajstić information content (AvgIpc) is 3.04. The van der Waals surface area contributed by atoms with Crippen molar-refractivity contribution >= 4 is 0 Å². The first kappa shape index (κ1) is 16.3. The van der Waals surface area contributed by atoms with E-state index in [1.54, 1.807) is 0 Å². The molecule has 0 saturated heterocycles. The third-order valence-electron chi connectivity index (χ3n) is 3.98. The number of hydrogen-bond acceptors (Lipinski definition) is 2. The summed E-state index contributed by atoms with van der Waals surface area (Å²) < 4.78 is 39.8. The predicted molar refractivity (Wildman–Crippen MR) is 76.2 cm³/mol. The SMILES string of the molecule is CCCNC(Cc1ccn(C2CCCC2)n1)CC(F)(F)F. The summed E-state index contributed by atoms with van der Waals surface area (Å²) in [4.78, 5) is 0. The Kier molecular flexibility index (Phi) is 5.67. The Hall–Kier alpha value is -1.04. The minimum Gasteiger partial charge on any atom is -0.313 e. The molecule has 3 nitrogen and oxygen atoms in total. The lowest BCUT2D eigenvalue weighted by Crippen LogP contribution is -2.36. The molecule has 1 N–H and O–H groups in total. The predicted octanol–water partition coefficient (Wildman–Crippen LogP) is 3.86. The molecule has 0 aliphatic heterocycles. The van der Waals surface area contributed by atoms with Crippen molar-refractivity contribution in [3.63, 3.8) is 0 Å². The van der Waals surface area contributed by atoms with Crippen LogP contribution in [0.4, 0.5) is 13.2 Å². The van der Waals surface area contributed by atoms with Crippen molar-refractivity contribution in [1.82, 2.24) is 15.1 Å². The van der Waals surface area contributed by atoms with Crippen molar-refractivity contribution in [1.29, 1.82) is 0 Å². The molecule has 1 atom stereocenters. The van der Waals surface area contributed by atoms with Crippen molar-refractivity contribution in [2.75, 3.05) is 6.54 Å². The van der Waals surface area contributed by atoms with Crippen LogP contribution in [-0.2, 0) is 6.42 Å². The van der Waals surface area contributed by atoms with Crippen LogP contribution in [-0.4, -0.2) is 28.5 Å². The van der Waals surface area contributed by atoms with Gasteiger partial charge in [0.05, 0.1) is 18.2 Å². The Labute approximate surface area is 123 Å². The summed E-state index contributed by atoms with van der Waals surface area (Å²) in [5, 5.41) is 7.46. The van der Waals surface area contributed by atoms with E-state index < -0.39 is 18.6 Å². The Balaban J connectivity index is 1.95. The summed E-state index contributed by atoms with van der Waals surface area (Å²) in [6.07, 6.45) is 2.81. The Morgan fingerprint density at radius 2 is 2.10 bits per heavy atom. The van der Waals surface area contributed by atoms with Crippen LogP contribution >= 0.6 is 0 Å². The van der Waals surface area contributed by atoms with Crippen LogP contribution in [0.15, 0.2) is 12.3 Å². The van der Waals surface area contributed by atoms with Crippen LogP contribution in [0, 0.1) is 0 Å². The van der Waals surface area contributed by atoms with Gasteiger partial charge in [-0.3, -0.25) is 4.68 Å². The molecule has 1 unspecified atom stereocenters. The summed E-state index contributed by atoms with van der Waals surface area (Å²) in [5.41, 5.74) is 0.750. The fourth-order valence-corrected chi connectivity index (χ4v) is 2.96. The topological polar surface area (TPSA) is 29.9 Å². The first-order chi connectivity index (χ1) is 9.98. The van der Waals surface area contributed by atoms with Crippen molar-refractivity contribution in [2.45, 2.75) is 70.1 Å². The van der Waals surface area contributed by atoms with E-state index >= 15 is 0 Å². The lowest BCUT2D eigenvalue weighted by atomic mass is 10.1. The molecule has 1 aliphatic rings. The summed E-state index contributed by atoms with van der Waals surface area (Å²) in [5.74, 6) is 0. The van der Waals surface area contributed by atoms with Gasteiger partial charge in [-0.25, -0.2) is 0 Å². The second-order valence-electron chi connectivity index (χ2n) is 5.90. The molecule has 21 heavy (non-hydrogen) atoms. The summed E-state index contributed by atoms with van der Waals surface area (Å²) in [6, 6.07) is 1.70. The fraction of sp³-hybridized carbons (Fsp3) is 0.800. The van der Waals surface area contributed by atoms with E-state index in [0.29, 0.717) is 19.0 Å². The number of aromatic nitrogens is 2. The standard InChI is InChI=1S/C15H24F3N3/c1-2-8-19-13(11-15(16,17)18)10-12-7-9-21(20-12)14-5-3-4-6-14/h7,9,13-14,19H,2-6,8,10-11H2,1H3. The third kappa shape index (κ3) is 5.34. The van der Waals surface area contributed by atoms with Crippen LogP contribution in [0.25, 0.3) is 0 Å². The smallest absolute Gasteiger partial charge is 0.313 e. The molecule has 1 aromatic heterocycles. The maximum Gasteiger partial charge on any atom is 0.390 e. The minimum absolute atomic E-state index is 0.333. The van der Waals surface area contributed by atoms with Gasteiger partial charge in [0.2, 0.25) is 0 Å². The van der Waals surface area contributed by atoms with E-state index in [2.05, 4.69) is 10.4 Å². The zero-order valence-corrected chi connectivity index (χ0v) is 12.5. The molecule has 6 heteroatoms. The first-order valence-electron chi connectivity index (χ1n) is 7.82. The van der Waals surface area contributed by atoms with Crippen molar-refractivity contribution in [2.24, 2.45) is 0 Å². The number of nitrogens with zero attached hydrogens (tertiary/aromatic N) is 2. The second kappa shape index (κ2) is 7.29. The highest BCUT2D eigenvalue weighted by Gasteiger charge is 2.32. The summed E-state index contributed by atoms with van der Waals surface area (Å²) >= 11 is 0. The third-order valence-corrected chi connectivity index (χ3v) is 3.98. The Morgan fingerprint density at radius 3 is 2.71 bits per heavy atom. The fourth-order valence-electron chi connectivity index (χ4n) is 2.96. The number of halogens is 3. The van der Waals surface area contributed by atoms with Gasteiger partial charge >= 0.3 is 6.18 Å². The van der Waals surface area contributed by atoms with Crippen molar-refractivity contribution in [3.8, 4) is 0 Å². The molecule has 1 heterocycles. The number of rotatable bonds is 7. The van der Waals surface area contributed by atoms with E-state index in [1.165, 1.54) is 12.8 Å². The van der Waals surface area contributed by atoms with Crippen LogP contribution in [0.5, 0.6) is 0 Å². The molecular formula is C15H24F3N3. The molecule has 0 radical (unpaired) electrons. The lowest BCUT2D eigenvalue weighted by Gasteiger charge is -2.19. The maximum atomic E-state index is 12.6. The number of hydrogen-bond donors (Lipinski definition) is 1. The number of nitrogens with one attached hydrogen (secondary N) is 1. The highest BCUT2D eigenvalue weighted by molar-refractivity contribution is 5.03. The molecule has 1 saturated carbocycles. The zero-order valence-electron chi connectivity index (χ0n) is 12.5. The normalized spacial score (nSPS) is 18.3. The minimum atomic E-state index is -4.14. The van der Waals surface area contributed by atoms with E-state index in [1.807, 2.05) is 23.9 Å². The van der Waals surface area contributed by atoms with Gasteiger partial charge in [0.25, 0.3) is 0 Å². The van der Waals surface area contributed by atoms with Gasteiger partial charge in [-0.15, -0.1) is 0 Å². The Bertz CT molecular complexity index is 422. The quantitative estimate of drug-likeness (QED) is 0.829. The highest BCUT2D eigenvalue weighted by Crippen LogP contribution is 2.29. The average molecular weight is 303 g/mol. The van der Waals surface area contributed by atoms with Gasteiger partial charge in [-0.05, 0) is 31.9 Å². The Morgan fingerprint density at radius 1 is 1.38 bits per heavy atom. The van der Waals surface area contributed by atoms with Crippen LogP contribution < -0.4 is 5.32 Å². The van der Waals surface area contributed by atoms with E-state index in [-0.39, 0.29) is 0 Å². The lowest BCUT2D eigenvalue weighted by molar-refractivity contribution is -0.139. The van der Waals surface area contributed by atoms with Crippen LogP contribution in [0.2, 0.25) is 0 Å². The maximum absolute atomic E-state index is 12.6. The molecule has 1 fully saturated rings. The van der Waals surface area contributed by atoms with E-state index in [0.717, 1.165) is 25.0 Å².